The molecule has 1 aromatic rings. The molecule has 80 valence electrons. The van der Waals surface area contributed by atoms with Gasteiger partial charge in [0.1, 0.15) is 0 Å². The monoisotopic (exact) mass is 203 g/mol. The van der Waals surface area contributed by atoms with Gasteiger partial charge in [-0.1, -0.05) is 30.3 Å². The first kappa shape index (κ1) is 9.37. The maximum Gasteiger partial charge on any atom is 0.0720 e. The Balaban J connectivity index is 1.49. The van der Waals surface area contributed by atoms with Gasteiger partial charge in [-0.25, -0.2) is 0 Å². The average Bonchev–Trinajstić information content (AvgIpc) is 3.06. The van der Waals surface area contributed by atoms with Gasteiger partial charge in [-0.05, 0) is 24.8 Å². The van der Waals surface area contributed by atoms with Crippen LogP contribution in [0.3, 0.4) is 0 Å². The molecular weight excluding hydrogens is 186 g/mol. The molecule has 3 atom stereocenters. The quantitative estimate of drug-likeness (QED) is 0.763. The van der Waals surface area contributed by atoms with Crippen molar-refractivity contribution in [2.45, 2.75) is 44.1 Å². The van der Waals surface area contributed by atoms with Crippen LogP contribution in [0.25, 0.3) is 0 Å². The van der Waals surface area contributed by atoms with Crippen molar-refractivity contribution in [2.24, 2.45) is 0 Å². The molecule has 1 N–H and O–H groups in total. The zero-order valence-electron chi connectivity index (χ0n) is 8.86. The highest BCUT2D eigenvalue weighted by Gasteiger charge is 2.41. The molecule has 0 bridgehead atoms. The number of rotatable bonds is 3. The Morgan fingerprint density at radius 3 is 2.80 bits per heavy atom. The number of ether oxygens (including phenoxy) is 1. The van der Waals surface area contributed by atoms with Gasteiger partial charge in [-0.3, -0.25) is 0 Å². The fourth-order valence-electron chi connectivity index (χ4n) is 2.44. The fourth-order valence-corrected chi connectivity index (χ4v) is 2.44. The van der Waals surface area contributed by atoms with Gasteiger partial charge in [0.05, 0.1) is 12.7 Å². The van der Waals surface area contributed by atoms with Gasteiger partial charge in [0.15, 0.2) is 0 Å². The second-order valence-electron chi connectivity index (χ2n) is 4.61. The van der Waals surface area contributed by atoms with E-state index in [2.05, 4.69) is 29.6 Å². The summed E-state index contributed by atoms with van der Waals surface area (Å²) in [5.74, 6) is 0. The lowest BCUT2D eigenvalue weighted by Gasteiger charge is -2.20. The van der Waals surface area contributed by atoms with Crippen molar-refractivity contribution in [3.8, 4) is 0 Å². The van der Waals surface area contributed by atoms with Gasteiger partial charge in [0.25, 0.3) is 0 Å². The second kappa shape index (κ2) is 3.95. The molecule has 15 heavy (non-hydrogen) atoms. The molecule has 0 unspecified atom stereocenters. The van der Waals surface area contributed by atoms with E-state index in [0.29, 0.717) is 6.10 Å². The summed E-state index contributed by atoms with van der Waals surface area (Å²) in [4.78, 5) is 0. The highest BCUT2D eigenvalue weighted by Crippen LogP contribution is 2.31. The molecule has 0 spiro atoms. The van der Waals surface area contributed by atoms with Crippen LogP contribution in [-0.2, 0) is 11.3 Å². The smallest absolute Gasteiger partial charge is 0.0720 e. The Morgan fingerprint density at radius 1 is 1.13 bits per heavy atom. The van der Waals surface area contributed by atoms with Crippen LogP contribution in [-0.4, -0.2) is 18.2 Å². The molecule has 2 nitrogen and oxygen atoms in total. The minimum atomic E-state index is 0.474. The summed E-state index contributed by atoms with van der Waals surface area (Å²) < 4.78 is 5.93. The van der Waals surface area contributed by atoms with E-state index in [1.165, 1.54) is 24.8 Å². The topological polar surface area (TPSA) is 31.2 Å². The molecule has 0 aromatic heterocycles. The molecule has 2 aliphatic rings. The summed E-state index contributed by atoms with van der Waals surface area (Å²) in [6, 6.07) is 12.0. The molecular formula is C13H17NO. The predicted molar refractivity (Wildman–Crippen MR) is 59.6 cm³/mol. The van der Waals surface area contributed by atoms with Gasteiger partial charge in [0, 0.05) is 12.1 Å². The highest BCUT2D eigenvalue weighted by atomic mass is 16.5. The number of nitrogens with one attached hydrogen (secondary N) is 1. The van der Waals surface area contributed by atoms with Crippen LogP contribution in [0.15, 0.2) is 30.3 Å². The van der Waals surface area contributed by atoms with Crippen LogP contribution in [0.1, 0.15) is 24.8 Å². The number of fused-ring (bicyclic) bond motifs is 1. The fraction of sp³-hybridized carbons (Fsp3) is 0.538. The van der Waals surface area contributed by atoms with Gasteiger partial charge in [-0.15, -0.1) is 0 Å². The molecule has 0 amide bonds. The molecule has 1 aliphatic carbocycles. The number of benzene rings is 1. The van der Waals surface area contributed by atoms with E-state index in [0.717, 1.165) is 18.7 Å². The Hall–Kier alpha value is -0.860. The Morgan fingerprint density at radius 2 is 2.00 bits per heavy atom. The minimum Gasteiger partial charge on any atom is -0.373 e. The van der Waals surface area contributed by atoms with E-state index in [-0.39, 0.29) is 0 Å². The van der Waals surface area contributed by atoms with Crippen molar-refractivity contribution in [3.05, 3.63) is 35.9 Å². The predicted octanol–water partition coefficient (Wildman–Crippen LogP) is 2.10. The largest absolute Gasteiger partial charge is 0.373 e. The summed E-state index contributed by atoms with van der Waals surface area (Å²) in [5, 5.41) is 3.48. The number of hydrogen-bond acceptors (Lipinski definition) is 2. The van der Waals surface area contributed by atoms with Gasteiger partial charge in [0.2, 0.25) is 0 Å². The first-order valence-electron chi connectivity index (χ1n) is 5.83. The molecule has 1 saturated heterocycles. The van der Waals surface area contributed by atoms with Gasteiger partial charge in [-0.2, -0.15) is 0 Å². The molecule has 1 aliphatic heterocycles. The first-order valence-corrected chi connectivity index (χ1v) is 5.83. The van der Waals surface area contributed by atoms with E-state index < -0.39 is 0 Å². The lowest BCUT2D eigenvalue weighted by Crippen LogP contribution is -2.21. The Labute approximate surface area is 90.6 Å². The van der Waals surface area contributed by atoms with Crippen molar-refractivity contribution in [1.29, 1.82) is 0 Å². The maximum absolute atomic E-state index is 5.93. The summed E-state index contributed by atoms with van der Waals surface area (Å²) in [6.45, 7) is 0.767. The van der Waals surface area contributed by atoms with Crippen LogP contribution in [0.4, 0.5) is 0 Å². The molecule has 1 saturated carbocycles. The van der Waals surface area contributed by atoms with Crippen LogP contribution in [0, 0.1) is 0 Å². The van der Waals surface area contributed by atoms with E-state index in [9.17, 15) is 0 Å². The van der Waals surface area contributed by atoms with E-state index in [1.54, 1.807) is 0 Å². The SMILES string of the molecule is c1ccc(CO[C@H]2CC[C@H]3N[C@H]3C2)cc1. The Kier molecular flexibility index (Phi) is 2.47. The minimum absolute atomic E-state index is 0.474. The lowest BCUT2D eigenvalue weighted by molar-refractivity contribution is 0.0223. The normalized spacial score (nSPS) is 33.5. The highest BCUT2D eigenvalue weighted by molar-refractivity contribution is 5.13. The van der Waals surface area contributed by atoms with Crippen molar-refractivity contribution >= 4 is 0 Å². The first-order chi connectivity index (χ1) is 7.42. The van der Waals surface area contributed by atoms with Crippen LogP contribution in [0.2, 0.25) is 0 Å². The van der Waals surface area contributed by atoms with E-state index >= 15 is 0 Å². The third-order valence-corrected chi connectivity index (χ3v) is 3.45. The van der Waals surface area contributed by atoms with Crippen LogP contribution < -0.4 is 5.32 Å². The van der Waals surface area contributed by atoms with Gasteiger partial charge >= 0.3 is 0 Å². The molecule has 1 heterocycles. The zero-order valence-corrected chi connectivity index (χ0v) is 8.86. The lowest BCUT2D eigenvalue weighted by atomic mass is 9.98. The Bertz CT molecular complexity index is 325. The summed E-state index contributed by atoms with van der Waals surface area (Å²) >= 11 is 0. The second-order valence-corrected chi connectivity index (χ2v) is 4.61. The maximum atomic E-state index is 5.93. The van der Waals surface area contributed by atoms with Crippen LogP contribution in [0.5, 0.6) is 0 Å². The summed E-state index contributed by atoms with van der Waals surface area (Å²) in [7, 11) is 0. The molecule has 1 aromatic carbocycles. The molecule has 0 radical (unpaired) electrons. The van der Waals surface area contributed by atoms with E-state index in [1.807, 2.05) is 6.07 Å². The standard InChI is InChI=1S/C13H17NO/c1-2-4-10(5-3-1)9-15-11-6-7-12-13(8-11)14-12/h1-5,11-14H,6-9H2/t11-,12+,13-/m0/s1. The van der Waals surface area contributed by atoms with Crippen molar-refractivity contribution in [3.63, 3.8) is 0 Å². The zero-order chi connectivity index (χ0) is 10.1. The van der Waals surface area contributed by atoms with Gasteiger partial charge < -0.3 is 10.1 Å². The molecule has 2 fully saturated rings. The molecule has 2 heteroatoms. The van der Waals surface area contributed by atoms with Crippen molar-refractivity contribution < 1.29 is 4.74 Å². The third kappa shape index (κ3) is 2.21. The van der Waals surface area contributed by atoms with Crippen LogP contribution >= 0.6 is 0 Å². The van der Waals surface area contributed by atoms with Crippen molar-refractivity contribution in [1.82, 2.24) is 5.32 Å². The average molecular weight is 203 g/mol. The number of hydrogen-bond donors (Lipinski definition) is 1. The summed E-state index contributed by atoms with van der Waals surface area (Å²) in [6.07, 6.45) is 4.20. The third-order valence-electron chi connectivity index (χ3n) is 3.45. The van der Waals surface area contributed by atoms with E-state index in [4.69, 9.17) is 4.74 Å². The van der Waals surface area contributed by atoms with Crippen molar-refractivity contribution in [2.75, 3.05) is 0 Å². The summed E-state index contributed by atoms with van der Waals surface area (Å²) in [5.41, 5.74) is 1.28. The molecule has 3 rings (SSSR count).